The number of aryl methyl sites for hydroxylation is 1. The van der Waals surface area contributed by atoms with E-state index in [9.17, 15) is 8.42 Å². The first-order chi connectivity index (χ1) is 7.05. The maximum absolute atomic E-state index is 11.2. The van der Waals surface area contributed by atoms with Crippen LogP contribution in [-0.4, -0.2) is 31.5 Å². The van der Waals surface area contributed by atoms with Crippen LogP contribution in [0.5, 0.6) is 0 Å². The molecular weight excluding hydrogens is 212 g/mol. The molecule has 0 aromatic carbocycles. The fourth-order valence-corrected chi connectivity index (χ4v) is 1.86. The van der Waals surface area contributed by atoms with Crippen LogP contribution >= 0.6 is 0 Å². The van der Waals surface area contributed by atoms with Crippen LogP contribution in [0.4, 0.5) is 5.69 Å². The van der Waals surface area contributed by atoms with E-state index in [-0.39, 0.29) is 11.5 Å². The van der Waals surface area contributed by atoms with Crippen molar-refractivity contribution >= 4 is 15.5 Å². The molecule has 4 nitrogen and oxygen atoms in total. The Hall–Kier alpha value is -1.10. The summed E-state index contributed by atoms with van der Waals surface area (Å²) < 4.78 is 22.4. The highest BCUT2D eigenvalue weighted by atomic mass is 32.2. The van der Waals surface area contributed by atoms with Gasteiger partial charge in [-0.25, -0.2) is 8.42 Å². The lowest BCUT2D eigenvalue weighted by atomic mass is 10.2. The molecule has 1 heterocycles. The Morgan fingerprint density at radius 3 is 2.80 bits per heavy atom. The summed E-state index contributed by atoms with van der Waals surface area (Å²) in [5.74, 6) is 0.370. The van der Waals surface area contributed by atoms with Gasteiger partial charge in [0.15, 0.2) is 9.84 Å². The number of nitrogens with one attached hydrogen (secondary N) is 1. The third-order valence-electron chi connectivity index (χ3n) is 2.19. The van der Waals surface area contributed by atoms with Crippen molar-refractivity contribution in [1.29, 1.82) is 0 Å². The molecule has 1 aromatic heterocycles. The Morgan fingerprint density at radius 2 is 2.20 bits per heavy atom. The van der Waals surface area contributed by atoms with Gasteiger partial charge in [0, 0.05) is 30.4 Å². The molecular formula is C10H16N2O2S. The fraction of sp³-hybridized carbons (Fsp3) is 0.500. The van der Waals surface area contributed by atoms with Crippen LogP contribution in [-0.2, 0) is 9.84 Å². The maximum atomic E-state index is 11.2. The molecule has 15 heavy (non-hydrogen) atoms. The summed E-state index contributed by atoms with van der Waals surface area (Å²) in [4.78, 5) is 3.96. The Bertz CT molecular complexity index is 415. The molecule has 0 saturated heterocycles. The quantitative estimate of drug-likeness (QED) is 0.823. The molecule has 84 valence electrons. The number of nitrogens with zero attached hydrogens (tertiary/aromatic N) is 1. The molecule has 0 unspecified atom stereocenters. The van der Waals surface area contributed by atoms with Crippen LogP contribution in [0, 0.1) is 6.92 Å². The lowest BCUT2D eigenvalue weighted by Crippen LogP contribution is -2.17. The van der Waals surface area contributed by atoms with Gasteiger partial charge in [-0.05, 0) is 18.6 Å². The van der Waals surface area contributed by atoms with E-state index in [2.05, 4.69) is 10.3 Å². The first-order valence-corrected chi connectivity index (χ1v) is 6.72. The van der Waals surface area contributed by atoms with Crippen molar-refractivity contribution in [3.63, 3.8) is 0 Å². The average molecular weight is 228 g/mol. The van der Waals surface area contributed by atoms with Crippen molar-refractivity contribution in [2.24, 2.45) is 0 Å². The van der Waals surface area contributed by atoms with E-state index < -0.39 is 9.84 Å². The molecule has 0 aliphatic carbocycles. The summed E-state index contributed by atoms with van der Waals surface area (Å²) >= 11 is 0. The molecule has 0 aliphatic rings. The van der Waals surface area contributed by atoms with Crippen LogP contribution in [0.1, 0.15) is 12.5 Å². The highest BCUT2D eigenvalue weighted by Gasteiger charge is 2.06. The number of sulfone groups is 1. The molecule has 0 bridgehead atoms. The van der Waals surface area contributed by atoms with Gasteiger partial charge in [-0.1, -0.05) is 6.92 Å². The molecule has 0 saturated carbocycles. The zero-order valence-electron chi connectivity index (χ0n) is 9.03. The van der Waals surface area contributed by atoms with Gasteiger partial charge < -0.3 is 5.32 Å². The van der Waals surface area contributed by atoms with Gasteiger partial charge in [-0.3, -0.25) is 4.98 Å². The molecule has 0 atom stereocenters. The van der Waals surface area contributed by atoms with Gasteiger partial charge in [0.05, 0.1) is 5.75 Å². The Kier molecular flexibility index (Phi) is 4.08. The number of anilines is 1. The lowest BCUT2D eigenvalue weighted by Gasteiger charge is -2.08. The Morgan fingerprint density at radius 1 is 1.47 bits per heavy atom. The van der Waals surface area contributed by atoms with E-state index in [1.54, 1.807) is 19.3 Å². The monoisotopic (exact) mass is 228 g/mol. The molecule has 0 radical (unpaired) electrons. The maximum Gasteiger partial charge on any atom is 0.151 e. The standard InChI is InChI=1S/C10H16N2O2S/c1-3-15(13,14)7-6-12-10-4-5-11-8-9(10)2/h4-5,8H,3,6-7H2,1-2H3,(H,11,12). The van der Waals surface area contributed by atoms with Crippen LogP contribution < -0.4 is 5.32 Å². The summed E-state index contributed by atoms with van der Waals surface area (Å²) in [5, 5.41) is 3.08. The second-order valence-corrected chi connectivity index (χ2v) is 5.83. The van der Waals surface area contributed by atoms with Gasteiger partial charge in [-0.2, -0.15) is 0 Å². The SMILES string of the molecule is CCS(=O)(=O)CCNc1ccncc1C. The van der Waals surface area contributed by atoms with E-state index in [1.807, 2.05) is 13.0 Å². The van der Waals surface area contributed by atoms with E-state index in [0.29, 0.717) is 6.54 Å². The second-order valence-electron chi connectivity index (χ2n) is 3.35. The molecule has 0 spiro atoms. The van der Waals surface area contributed by atoms with Gasteiger partial charge >= 0.3 is 0 Å². The molecule has 0 amide bonds. The number of pyridine rings is 1. The molecule has 0 fully saturated rings. The summed E-state index contributed by atoms with van der Waals surface area (Å²) in [6, 6.07) is 1.84. The summed E-state index contributed by atoms with van der Waals surface area (Å²) in [6.45, 7) is 4.04. The minimum Gasteiger partial charge on any atom is -0.384 e. The molecule has 1 N–H and O–H groups in total. The predicted molar refractivity (Wildman–Crippen MR) is 61.8 cm³/mol. The Balaban J connectivity index is 2.49. The van der Waals surface area contributed by atoms with Gasteiger partial charge in [-0.15, -0.1) is 0 Å². The van der Waals surface area contributed by atoms with Crippen LogP contribution in [0.15, 0.2) is 18.5 Å². The van der Waals surface area contributed by atoms with Gasteiger partial charge in [0.25, 0.3) is 0 Å². The van der Waals surface area contributed by atoms with Crippen LogP contribution in [0.3, 0.4) is 0 Å². The highest BCUT2D eigenvalue weighted by molar-refractivity contribution is 7.91. The second kappa shape index (κ2) is 5.11. The van der Waals surface area contributed by atoms with Crippen molar-refractivity contribution in [1.82, 2.24) is 4.98 Å². The largest absolute Gasteiger partial charge is 0.384 e. The fourth-order valence-electron chi connectivity index (χ4n) is 1.16. The lowest BCUT2D eigenvalue weighted by molar-refractivity contribution is 0.597. The first kappa shape index (κ1) is 12.0. The topological polar surface area (TPSA) is 59.1 Å². The van der Waals surface area contributed by atoms with Crippen molar-refractivity contribution < 1.29 is 8.42 Å². The van der Waals surface area contributed by atoms with E-state index in [4.69, 9.17) is 0 Å². The molecule has 1 aromatic rings. The van der Waals surface area contributed by atoms with E-state index in [1.165, 1.54) is 0 Å². The highest BCUT2D eigenvalue weighted by Crippen LogP contribution is 2.10. The van der Waals surface area contributed by atoms with Crippen LogP contribution in [0.2, 0.25) is 0 Å². The number of rotatable bonds is 5. The molecule has 5 heteroatoms. The van der Waals surface area contributed by atoms with Crippen LogP contribution in [0.25, 0.3) is 0 Å². The average Bonchev–Trinajstić information content (AvgIpc) is 2.21. The zero-order valence-corrected chi connectivity index (χ0v) is 9.84. The predicted octanol–water partition coefficient (Wildman–Crippen LogP) is 1.24. The summed E-state index contributed by atoms with van der Waals surface area (Å²) in [5.41, 5.74) is 1.96. The normalized spacial score (nSPS) is 11.3. The number of aromatic nitrogens is 1. The third kappa shape index (κ3) is 3.87. The summed E-state index contributed by atoms with van der Waals surface area (Å²) in [7, 11) is -2.88. The minimum absolute atomic E-state index is 0.172. The minimum atomic E-state index is -2.88. The number of hydrogen-bond acceptors (Lipinski definition) is 4. The van der Waals surface area contributed by atoms with E-state index >= 15 is 0 Å². The summed E-state index contributed by atoms with van der Waals surface area (Å²) in [6.07, 6.45) is 3.43. The van der Waals surface area contributed by atoms with Crippen molar-refractivity contribution in [2.75, 3.05) is 23.4 Å². The molecule has 0 aliphatic heterocycles. The van der Waals surface area contributed by atoms with Crippen molar-refractivity contribution in [3.8, 4) is 0 Å². The first-order valence-electron chi connectivity index (χ1n) is 4.90. The third-order valence-corrected chi connectivity index (χ3v) is 3.89. The van der Waals surface area contributed by atoms with Gasteiger partial charge in [0.2, 0.25) is 0 Å². The number of hydrogen-bond donors (Lipinski definition) is 1. The van der Waals surface area contributed by atoms with E-state index in [0.717, 1.165) is 11.3 Å². The Labute approximate surface area is 90.7 Å². The molecule has 1 rings (SSSR count). The van der Waals surface area contributed by atoms with Crippen molar-refractivity contribution in [2.45, 2.75) is 13.8 Å². The van der Waals surface area contributed by atoms with Gasteiger partial charge in [0.1, 0.15) is 0 Å². The smallest absolute Gasteiger partial charge is 0.151 e. The van der Waals surface area contributed by atoms with Crippen molar-refractivity contribution in [3.05, 3.63) is 24.0 Å². The zero-order chi connectivity index (χ0) is 11.3.